The molecule has 0 aliphatic heterocycles. The first kappa shape index (κ1) is 20.8. The lowest BCUT2D eigenvalue weighted by Crippen LogP contribution is -2.01. The Morgan fingerprint density at radius 2 is 1.81 bits per heavy atom. The van der Waals surface area contributed by atoms with E-state index in [0.29, 0.717) is 45.1 Å². The molecule has 1 N–H and O–H groups in total. The number of hydrogen-bond acceptors (Lipinski definition) is 7. The predicted molar refractivity (Wildman–Crippen MR) is 119 cm³/mol. The summed E-state index contributed by atoms with van der Waals surface area (Å²) in [5.41, 5.74) is 3.32. The normalized spacial score (nSPS) is 10.4. The van der Waals surface area contributed by atoms with Gasteiger partial charge in [0.2, 0.25) is 0 Å². The monoisotopic (exact) mass is 428 g/mol. The molecule has 8 heteroatoms. The zero-order valence-corrected chi connectivity index (χ0v) is 17.7. The topological polar surface area (TPSA) is 97.9 Å². The van der Waals surface area contributed by atoms with Gasteiger partial charge in [-0.15, -0.1) is 0 Å². The summed E-state index contributed by atoms with van der Waals surface area (Å²) in [6.45, 7) is 1.79. The lowest BCUT2D eigenvalue weighted by Gasteiger charge is -2.13. The van der Waals surface area contributed by atoms with E-state index < -0.39 is 5.97 Å². The van der Waals surface area contributed by atoms with Crippen molar-refractivity contribution in [1.82, 2.24) is 9.61 Å². The molecule has 0 spiro atoms. The average molecular weight is 428 g/mol. The van der Waals surface area contributed by atoms with Crippen LogP contribution < -0.4 is 14.8 Å². The number of benzene rings is 2. The molecule has 0 atom stereocenters. The van der Waals surface area contributed by atoms with Crippen LogP contribution >= 0.6 is 0 Å². The molecule has 0 radical (unpaired) electrons. The molecule has 4 aromatic rings. The third-order valence-corrected chi connectivity index (χ3v) is 5.00. The minimum atomic E-state index is -0.463. The van der Waals surface area contributed by atoms with Crippen LogP contribution in [0, 0.1) is 18.3 Å². The standard InChI is InChI=1S/C24H20N4O4/c1-15-19(24(29)31-3)14-28-23(15)22(16(12-25)13-26-28)27-17-8-10-18(11-9-17)32-21-7-5-4-6-20(21)30-2/h4-11,13-14,27H,1-3H3. The second-order valence-electron chi connectivity index (χ2n) is 6.90. The summed E-state index contributed by atoms with van der Waals surface area (Å²) >= 11 is 0. The summed E-state index contributed by atoms with van der Waals surface area (Å²) < 4.78 is 17.6. The van der Waals surface area contributed by atoms with Crippen molar-refractivity contribution in [1.29, 1.82) is 5.26 Å². The zero-order valence-electron chi connectivity index (χ0n) is 17.7. The molecule has 0 saturated carbocycles. The van der Waals surface area contributed by atoms with E-state index in [4.69, 9.17) is 14.2 Å². The second kappa shape index (κ2) is 8.70. The first-order chi connectivity index (χ1) is 15.5. The summed E-state index contributed by atoms with van der Waals surface area (Å²) in [5.74, 6) is 1.41. The Morgan fingerprint density at radius 3 is 2.47 bits per heavy atom. The van der Waals surface area contributed by atoms with Gasteiger partial charge in [0.05, 0.1) is 42.7 Å². The van der Waals surface area contributed by atoms with E-state index in [1.807, 2.05) is 48.5 Å². The number of aryl methyl sites for hydroxylation is 1. The van der Waals surface area contributed by atoms with Gasteiger partial charge in [0, 0.05) is 11.9 Å². The number of carbonyl (C=O) groups is 1. The maximum Gasteiger partial charge on any atom is 0.339 e. The van der Waals surface area contributed by atoms with Crippen molar-refractivity contribution in [3.63, 3.8) is 0 Å². The number of ether oxygens (including phenoxy) is 3. The first-order valence-electron chi connectivity index (χ1n) is 9.73. The number of aromatic nitrogens is 2. The summed E-state index contributed by atoms with van der Waals surface area (Å²) in [6.07, 6.45) is 3.04. The van der Waals surface area contributed by atoms with Crippen LogP contribution in [0.25, 0.3) is 5.52 Å². The van der Waals surface area contributed by atoms with Gasteiger partial charge in [-0.1, -0.05) is 12.1 Å². The molecular weight excluding hydrogens is 408 g/mol. The molecule has 0 aliphatic carbocycles. The Labute approximate surface area is 184 Å². The molecular formula is C24H20N4O4. The van der Waals surface area contributed by atoms with E-state index in [0.717, 1.165) is 5.69 Å². The van der Waals surface area contributed by atoms with Crippen LogP contribution in [0.2, 0.25) is 0 Å². The molecule has 0 aliphatic rings. The van der Waals surface area contributed by atoms with E-state index >= 15 is 0 Å². The molecule has 2 aromatic carbocycles. The highest BCUT2D eigenvalue weighted by atomic mass is 16.5. The maximum absolute atomic E-state index is 12.1. The first-order valence-corrected chi connectivity index (χ1v) is 9.73. The van der Waals surface area contributed by atoms with Crippen molar-refractivity contribution >= 4 is 22.9 Å². The molecule has 0 unspecified atom stereocenters. The smallest absolute Gasteiger partial charge is 0.339 e. The fourth-order valence-electron chi connectivity index (χ4n) is 3.40. The predicted octanol–water partition coefficient (Wildman–Crippen LogP) is 4.85. The average Bonchev–Trinajstić information content (AvgIpc) is 3.17. The van der Waals surface area contributed by atoms with Crippen molar-refractivity contribution in [3.8, 4) is 23.3 Å². The zero-order chi connectivity index (χ0) is 22.7. The van der Waals surface area contributed by atoms with E-state index in [1.165, 1.54) is 13.3 Å². The number of esters is 1. The highest BCUT2D eigenvalue weighted by molar-refractivity contribution is 5.97. The van der Waals surface area contributed by atoms with Gasteiger partial charge in [-0.3, -0.25) is 0 Å². The molecule has 4 rings (SSSR count). The number of anilines is 2. The van der Waals surface area contributed by atoms with Crippen molar-refractivity contribution < 1.29 is 19.0 Å². The van der Waals surface area contributed by atoms with Gasteiger partial charge in [0.15, 0.2) is 11.5 Å². The Bertz CT molecular complexity index is 1340. The van der Waals surface area contributed by atoms with Crippen molar-refractivity contribution in [2.45, 2.75) is 6.92 Å². The molecule has 2 heterocycles. The van der Waals surface area contributed by atoms with Crippen LogP contribution in [0.3, 0.4) is 0 Å². The number of nitrogens with one attached hydrogen (secondary N) is 1. The molecule has 32 heavy (non-hydrogen) atoms. The summed E-state index contributed by atoms with van der Waals surface area (Å²) in [7, 11) is 2.92. The number of para-hydroxylation sites is 2. The van der Waals surface area contributed by atoms with Gasteiger partial charge >= 0.3 is 5.97 Å². The minimum Gasteiger partial charge on any atom is -0.493 e. The molecule has 0 amide bonds. The number of methoxy groups -OCH3 is 2. The molecule has 2 aromatic heterocycles. The molecule has 160 valence electrons. The third-order valence-electron chi connectivity index (χ3n) is 5.00. The van der Waals surface area contributed by atoms with Gasteiger partial charge in [-0.2, -0.15) is 10.4 Å². The van der Waals surface area contributed by atoms with Crippen LogP contribution in [0.5, 0.6) is 17.2 Å². The molecule has 0 saturated heterocycles. The lowest BCUT2D eigenvalue weighted by molar-refractivity contribution is 0.0600. The fourth-order valence-corrected chi connectivity index (χ4v) is 3.40. The number of nitrogens with zero attached hydrogens (tertiary/aromatic N) is 3. The quantitative estimate of drug-likeness (QED) is 0.439. The van der Waals surface area contributed by atoms with Crippen LogP contribution in [0.1, 0.15) is 21.5 Å². The van der Waals surface area contributed by atoms with E-state index in [-0.39, 0.29) is 0 Å². The maximum atomic E-state index is 12.1. The number of rotatable bonds is 6. The van der Waals surface area contributed by atoms with E-state index in [2.05, 4.69) is 16.5 Å². The number of hydrogen-bond donors (Lipinski definition) is 1. The van der Waals surface area contributed by atoms with Crippen LogP contribution in [0.15, 0.2) is 60.9 Å². The van der Waals surface area contributed by atoms with Crippen molar-refractivity contribution in [3.05, 3.63) is 77.6 Å². The summed E-state index contributed by atoms with van der Waals surface area (Å²) in [6, 6.07) is 16.8. The molecule has 0 bridgehead atoms. The van der Waals surface area contributed by atoms with Crippen molar-refractivity contribution in [2.75, 3.05) is 19.5 Å². The summed E-state index contributed by atoms with van der Waals surface area (Å²) in [4.78, 5) is 12.1. The third kappa shape index (κ3) is 3.79. The van der Waals surface area contributed by atoms with Crippen LogP contribution in [-0.2, 0) is 4.74 Å². The molecule has 8 nitrogen and oxygen atoms in total. The van der Waals surface area contributed by atoms with E-state index in [1.54, 1.807) is 24.7 Å². The molecule has 0 fully saturated rings. The second-order valence-corrected chi connectivity index (χ2v) is 6.90. The minimum absolute atomic E-state index is 0.351. The Kier molecular flexibility index (Phi) is 5.64. The van der Waals surface area contributed by atoms with Gasteiger partial charge in [-0.05, 0) is 48.9 Å². The largest absolute Gasteiger partial charge is 0.493 e. The summed E-state index contributed by atoms with van der Waals surface area (Å²) in [5, 5.41) is 17.1. The highest BCUT2D eigenvalue weighted by Gasteiger charge is 2.20. The fraction of sp³-hybridized carbons (Fsp3) is 0.125. The van der Waals surface area contributed by atoms with Crippen LogP contribution in [-0.4, -0.2) is 29.8 Å². The van der Waals surface area contributed by atoms with E-state index in [9.17, 15) is 10.1 Å². The Hall–Kier alpha value is -4.51. The van der Waals surface area contributed by atoms with Crippen LogP contribution in [0.4, 0.5) is 11.4 Å². The number of nitriles is 1. The van der Waals surface area contributed by atoms with Gasteiger partial charge in [-0.25, -0.2) is 9.31 Å². The Morgan fingerprint density at radius 1 is 1.09 bits per heavy atom. The number of carbonyl (C=O) groups excluding carboxylic acids is 1. The SMILES string of the molecule is COC(=O)c1cn2ncc(C#N)c(Nc3ccc(Oc4ccccc4OC)cc3)c2c1C. The van der Waals surface area contributed by atoms with Gasteiger partial charge in [0.1, 0.15) is 11.8 Å². The van der Waals surface area contributed by atoms with Gasteiger partial charge < -0.3 is 19.5 Å². The lowest BCUT2D eigenvalue weighted by atomic mass is 10.1. The van der Waals surface area contributed by atoms with Gasteiger partial charge in [0.25, 0.3) is 0 Å². The van der Waals surface area contributed by atoms with Crippen molar-refractivity contribution in [2.24, 2.45) is 0 Å². The highest BCUT2D eigenvalue weighted by Crippen LogP contribution is 2.33. The number of fused-ring (bicyclic) bond motifs is 1. The Balaban J connectivity index is 1.66.